The van der Waals surface area contributed by atoms with Crippen molar-refractivity contribution in [1.82, 2.24) is 9.21 Å². The number of sulfonamides is 1. The highest BCUT2D eigenvalue weighted by molar-refractivity contribution is 7.89. The highest BCUT2D eigenvalue weighted by Crippen LogP contribution is 2.28. The molecule has 0 aromatic heterocycles. The van der Waals surface area contributed by atoms with E-state index < -0.39 is 10.0 Å². The summed E-state index contributed by atoms with van der Waals surface area (Å²) < 4.78 is 26.8. The average Bonchev–Trinajstić information content (AvgIpc) is 2.54. The number of hydrogen-bond acceptors (Lipinski definition) is 4. The van der Waals surface area contributed by atoms with E-state index in [4.69, 9.17) is 28.9 Å². The number of carbonyl (C=O) groups is 1. The Hall–Kier alpha value is -0.860. The second-order valence-corrected chi connectivity index (χ2v) is 8.63. The fourth-order valence-corrected chi connectivity index (χ4v) is 4.66. The Bertz CT molecular complexity index is 702. The van der Waals surface area contributed by atoms with Crippen LogP contribution >= 0.6 is 23.2 Å². The van der Waals surface area contributed by atoms with Crippen LogP contribution in [0.5, 0.6) is 0 Å². The molecule has 0 bridgehead atoms. The number of carbonyl (C=O) groups excluding carboxylic acids is 1. The Labute approximate surface area is 152 Å². The van der Waals surface area contributed by atoms with Gasteiger partial charge in [0.15, 0.2) is 0 Å². The van der Waals surface area contributed by atoms with Gasteiger partial charge in [-0.3, -0.25) is 4.79 Å². The molecule has 1 fully saturated rings. The van der Waals surface area contributed by atoms with Crippen LogP contribution in [0.2, 0.25) is 10.0 Å². The first kappa shape index (κ1) is 19.5. The molecule has 0 radical (unpaired) electrons. The zero-order valence-corrected chi connectivity index (χ0v) is 15.7. The molecule has 9 heteroatoms. The van der Waals surface area contributed by atoms with Crippen molar-refractivity contribution >= 4 is 39.1 Å². The molecule has 1 heterocycles. The molecule has 1 amide bonds. The minimum atomic E-state index is -3.73. The molecule has 1 unspecified atom stereocenters. The Morgan fingerprint density at radius 3 is 2.46 bits per heavy atom. The monoisotopic (exact) mass is 393 g/mol. The van der Waals surface area contributed by atoms with Gasteiger partial charge >= 0.3 is 0 Å². The van der Waals surface area contributed by atoms with Crippen molar-refractivity contribution in [1.29, 1.82) is 0 Å². The molecule has 1 saturated heterocycles. The molecule has 1 aliphatic rings. The highest BCUT2D eigenvalue weighted by atomic mass is 35.5. The number of nitrogens with zero attached hydrogens (tertiary/aromatic N) is 2. The maximum atomic E-state index is 12.7. The maximum absolute atomic E-state index is 12.7. The van der Waals surface area contributed by atoms with Crippen molar-refractivity contribution in [3.63, 3.8) is 0 Å². The van der Waals surface area contributed by atoms with E-state index in [9.17, 15) is 13.2 Å². The molecule has 1 atom stereocenters. The topological polar surface area (TPSA) is 83.7 Å². The summed E-state index contributed by atoms with van der Waals surface area (Å²) in [5.74, 6) is 0.00476. The molecule has 24 heavy (non-hydrogen) atoms. The lowest BCUT2D eigenvalue weighted by Crippen LogP contribution is -2.50. The second-order valence-electron chi connectivity index (χ2n) is 5.88. The van der Waals surface area contributed by atoms with Crippen LogP contribution in [0.15, 0.2) is 23.1 Å². The molecule has 1 aromatic carbocycles. The predicted molar refractivity (Wildman–Crippen MR) is 94.7 cm³/mol. The third kappa shape index (κ3) is 4.61. The van der Waals surface area contributed by atoms with Gasteiger partial charge in [-0.1, -0.05) is 23.2 Å². The first-order chi connectivity index (χ1) is 11.2. The molecule has 2 N–H and O–H groups in total. The Kier molecular flexibility index (Phi) is 6.50. The number of piperazine rings is 1. The first-order valence-electron chi connectivity index (χ1n) is 7.70. The third-order valence-electron chi connectivity index (χ3n) is 3.92. The lowest BCUT2D eigenvalue weighted by Gasteiger charge is -2.34. The summed E-state index contributed by atoms with van der Waals surface area (Å²) in [4.78, 5) is 13.8. The van der Waals surface area contributed by atoms with Crippen molar-refractivity contribution in [3.05, 3.63) is 28.2 Å². The van der Waals surface area contributed by atoms with Crippen LogP contribution in [0.3, 0.4) is 0 Å². The van der Waals surface area contributed by atoms with Gasteiger partial charge in [0, 0.05) is 43.7 Å². The maximum Gasteiger partial charge on any atom is 0.244 e. The molecular formula is C15H21Cl2N3O3S. The summed E-state index contributed by atoms with van der Waals surface area (Å²) in [6.45, 7) is 3.03. The van der Waals surface area contributed by atoms with Crippen molar-refractivity contribution in [2.75, 3.05) is 26.2 Å². The Balaban J connectivity index is 2.03. The van der Waals surface area contributed by atoms with Crippen LogP contribution < -0.4 is 5.73 Å². The molecule has 6 nitrogen and oxygen atoms in total. The molecule has 134 valence electrons. The van der Waals surface area contributed by atoms with Gasteiger partial charge in [-0.2, -0.15) is 4.31 Å². The van der Waals surface area contributed by atoms with Crippen LogP contribution in [0.1, 0.15) is 19.8 Å². The summed E-state index contributed by atoms with van der Waals surface area (Å²) >= 11 is 11.9. The van der Waals surface area contributed by atoms with E-state index in [1.807, 2.05) is 6.92 Å². The van der Waals surface area contributed by atoms with E-state index >= 15 is 0 Å². The van der Waals surface area contributed by atoms with Gasteiger partial charge < -0.3 is 10.6 Å². The van der Waals surface area contributed by atoms with E-state index in [-0.39, 0.29) is 35.0 Å². The molecule has 1 aromatic rings. The number of hydrogen-bond donors (Lipinski definition) is 1. The molecule has 0 saturated carbocycles. The van der Waals surface area contributed by atoms with Crippen LogP contribution in [-0.4, -0.2) is 55.8 Å². The van der Waals surface area contributed by atoms with Crippen LogP contribution in [-0.2, 0) is 14.8 Å². The third-order valence-corrected chi connectivity index (χ3v) is 6.53. The minimum Gasteiger partial charge on any atom is -0.340 e. The summed E-state index contributed by atoms with van der Waals surface area (Å²) in [6, 6.07) is 4.32. The summed E-state index contributed by atoms with van der Waals surface area (Å²) in [5.41, 5.74) is 5.66. The van der Waals surface area contributed by atoms with Crippen LogP contribution in [0.4, 0.5) is 0 Å². The summed E-state index contributed by atoms with van der Waals surface area (Å²) in [7, 11) is -3.73. The predicted octanol–water partition coefficient (Wildman–Crippen LogP) is 1.95. The highest BCUT2D eigenvalue weighted by Gasteiger charge is 2.31. The zero-order valence-electron chi connectivity index (χ0n) is 13.4. The largest absolute Gasteiger partial charge is 0.340 e. The van der Waals surface area contributed by atoms with Gasteiger partial charge in [0.25, 0.3) is 0 Å². The van der Waals surface area contributed by atoms with E-state index in [0.717, 1.165) is 0 Å². The molecular weight excluding hydrogens is 373 g/mol. The zero-order chi connectivity index (χ0) is 17.9. The fourth-order valence-electron chi connectivity index (χ4n) is 2.50. The molecule has 0 aliphatic carbocycles. The van der Waals surface area contributed by atoms with Gasteiger partial charge in [0.1, 0.15) is 4.90 Å². The normalized spacial score (nSPS) is 17.8. The van der Waals surface area contributed by atoms with E-state index in [1.54, 1.807) is 4.90 Å². The molecule has 0 spiro atoms. The lowest BCUT2D eigenvalue weighted by molar-refractivity contribution is -0.132. The smallest absolute Gasteiger partial charge is 0.244 e. The second kappa shape index (κ2) is 8.01. The Morgan fingerprint density at radius 1 is 1.25 bits per heavy atom. The van der Waals surface area contributed by atoms with Crippen molar-refractivity contribution < 1.29 is 13.2 Å². The summed E-state index contributed by atoms with van der Waals surface area (Å²) in [6.07, 6.45) is 1.00. The molecule has 2 rings (SSSR count). The van der Waals surface area contributed by atoms with Gasteiger partial charge in [-0.05, 0) is 31.5 Å². The minimum absolute atomic E-state index is 0.00476. The number of nitrogens with two attached hydrogens (primary N) is 1. The number of halogens is 2. The lowest BCUT2D eigenvalue weighted by atomic mass is 10.2. The van der Waals surface area contributed by atoms with Crippen LogP contribution in [0, 0.1) is 0 Å². The van der Waals surface area contributed by atoms with E-state index in [1.165, 1.54) is 22.5 Å². The van der Waals surface area contributed by atoms with Crippen LogP contribution in [0.25, 0.3) is 0 Å². The quantitative estimate of drug-likeness (QED) is 0.828. The fraction of sp³-hybridized carbons (Fsp3) is 0.533. The van der Waals surface area contributed by atoms with E-state index in [0.29, 0.717) is 31.0 Å². The van der Waals surface area contributed by atoms with Crippen molar-refractivity contribution in [2.24, 2.45) is 5.73 Å². The Morgan fingerprint density at radius 2 is 1.88 bits per heavy atom. The van der Waals surface area contributed by atoms with Gasteiger partial charge in [0.2, 0.25) is 15.9 Å². The first-order valence-corrected chi connectivity index (χ1v) is 9.90. The molecule has 1 aliphatic heterocycles. The average molecular weight is 394 g/mol. The number of amides is 1. The number of benzene rings is 1. The standard InChI is InChI=1S/C15H21Cl2N3O3S/c1-11(18)2-5-15(21)19-6-8-20(9-7-19)24(22,23)14-10-12(16)3-4-13(14)17/h3-4,10-11H,2,5-9,18H2,1H3. The van der Waals surface area contributed by atoms with Crippen molar-refractivity contribution in [3.8, 4) is 0 Å². The van der Waals surface area contributed by atoms with Gasteiger partial charge in [-0.15, -0.1) is 0 Å². The SMILES string of the molecule is CC(N)CCC(=O)N1CCN(S(=O)(=O)c2cc(Cl)ccc2Cl)CC1. The van der Waals surface area contributed by atoms with Gasteiger partial charge in [-0.25, -0.2) is 8.42 Å². The number of rotatable bonds is 5. The van der Waals surface area contributed by atoms with E-state index in [2.05, 4.69) is 0 Å². The summed E-state index contributed by atoms with van der Waals surface area (Å²) in [5, 5.41) is 0.442. The van der Waals surface area contributed by atoms with Gasteiger partial charge in [0.05, 0.1) is 5.02 Å². The van der Waals surface area contributed by atoms with Crippen molar-refractivity contribution in [2.45, 2.75) is 30.7 Å².